The van der Waals surface area contributed by atoms with Crippen molar-refractivity contribution >= 4 is 23.2 Å². The van der Waals surface area contributed by atoms with Gasteiger partial charge in [0.2, 0.25) is 12.7 Å². The van der Waals surface area contributed by atoms with Gasteiger partial charge in [-0.05, 0) is 30.3 Å². The molecule has 0 saturated carbocycles. The number of rotatable bonds is 8. The molecular weight excluding hydrogens is 450 g/mol. The predicted octanol–water partition coefficient (Wildman–Crippen LogP) is 2.75. The summed E-state index contributed by atoms with van der Waals surface area (Å²) in [5, 5.41) is 16.0. The normalized spacial score (nSPS) is 12.0. The molecule has 0 atom stereocenters. The third-order valence-corrected chi connectivity index (χ3v) is 5.07. The Morgan fingerprint density at radius 3 is 2.85 bits per heavy atom. The van der Waals surface area contributed by atoms with Crippen molar-refractivity contribution < 1.29 is 23.7 Å². The third kappa shape index (κ3) is 4.60. The van der Waals surface area contributed by atoms with Crippen molar-refractivity contribution in [2.45, 2.75) is 0 Å². The molecule has 33 heavy (non-hydrogen) atoms. The van der Waals surface area contributed by atoms with E-state index in [0.29, 0.717) is 45.2 Å². The van der Waals surface area contributed by atoms with E-state index in [9.17, 15) is 4.79 Å². The van der Waals surface area contributed by atoms with E-state index in [1.54, 1.807) is 40.9 Å². The smallest absolute Gasteiger partial charge is 0.258 e. The van der Waals surface area contributed by atoms with Crippen molar-refractivity contribution in [3.8, 4) is 34.5 Å². The van der Waals surface area contributed by atoms with Gasteiger partial charge < -0.3 is 24.3 Å². The molecule has 0 saturated heterocycles. The highest BCUT2D eigenvalue weighted by Gasteiger charge is 2.15. The molecule has 168 valence electrons. The highest BCUT2D eigenvalue weighted by atomic mass is 35.5. The number of carbonyl (C=O) groups is 1. The molecule has 0 radical (unpaired) electrons. The van der Waals surface area contributed by atoms with Crippen LogP contribution in [0.2, 0.25) is 5.02 Å². The molecule has 5 rings (SSSR count). The lowest BCUT2D eigenvalue weighted by molar-refractivity contribution is -0.123. The first-order valence-corrected chi connectivity index (χ1v) is 10.4. The number of hydrogen-bond acceptors (Lipinski definition) is 8. The maximum atomic E-state index is 12.0. The molecule has 11 heteroatoms. The third-order valence-electron chi connectivity index (χ3n) is 4.74. The molecule has 4 aromatic rings. The molecule has 2 aromatic heterocycles. The van der Waals surface area contributed by atoms with E-state index in [2.05, 4.69) is 20.6 Å². The lowest BCUT2D eigenvalue weighted by Crippen LogP contribution is -2.32. The quantitative estimate of drug-likeness (QED) is 0.394. The van der Waals surface area contributed by atoms with Crippen LogP contribution in [0.3, 0.4) is 0 Å². The molecular formula is C22H18ClN5O5. The second-order valence-electron chi connectivity index (χ2n) is 6.95. The molecule has 0 fully saturated rings. The van der Waals surface area contributed by atoms with Gasteiger partial charge in [-0.3, -0.25) is 4.79 Å². The van der Waals surface area contributed by atoms with Gasteiger partial charge in [0.05, 0.1) is 11.6 Å². The van der Waals surface area contributed by atoms with Crippen molar-refractivity contribution in [2.24, 2.45) is 0 Å². The average Bonchev–Trinajstić information content (AvgIpc) is 3.47. The summed E-state index contributed by atoms with van der Waals surface area (Å²) in [7, 11) is 0. The molecule has 0 aliphatic carbocycles. The number of carbonyl (C=O) groups excluding carboxylic acids is 1. The molecule has 1 aliphatic heterocycles. The summed E-state index contributed by atoms with van der Waals surface area (Å²) in [5.74, 6) is 2.36. The van der Waals surface area contributed by atoms with Crippen molar-refractivity contribution in [3.63, 3.8) is 0 Å². The molecule has 0 spiro atoms. The highest BCUT2D eigenvalue weighted by molar-refractivity contribution is 6.33. The summed E-state index contributed by atoms with van der Waals surface area (Å²) >= 11 is 6.28. The van der Waals surface area contributed by atoms with Crippen LogP contribution in [0.1, 0.15) is 0 Å². The Bertz CT molecular complexity index is 1310. The number of nitrogens with one attached hydrogen (secondary N) is 1. The fraction of sp³-hybridized carbons (Fsp3) is 0.182. The summed E-state index contributed by atoms with van der Waals surface area (Å²) < 4.78 is 23.2. The van der Waals surface area contributed by atoms with Crippen LogP contribution in [-0.2, 0) is 4.79 Å². The summed E-state index contributed by atoms with van der Waals surface area (Å²) in [6.07, 6.45) is 0. The van der Waals surface area contributed by atoms with Crippen LogP contribution in [0.15, 0.2) is 54.6 Å². The van der Waals surface area contributed by atoms with Crippen LogP contribution in [0.25, 0.3) is 17.0 Å². The van der Waals surface area contributed by atoms with E-state index >= 15 is 0 Å². The molecule has 2 aromatic carbocycles. The first-order valence-electron chi connectivity index (χ1n) is 10.1. The largest absolute Gasteiger partial charge is 0.484 e. The lowest BCUT2D eigenvalue weighted by atomic mass is 10.2. The van der Waals surface area contributed by atoms with E-state index < -0.39 is 0 Å². The van der Waals surface area contributed by atoms with Crippen LogP contribution in [0.4, 0.5) is 0 Å². The van der Waals surface area contributed by atoms with Crippen LogP contribution in [-0.4, -0.2) is 52.3 Å². The van der Waals surface area contributed by atoms with Crippen LogP contribution in [0, 0.1) is 0 Å². The van der Waals surface area contributed by atoms with Crippen LogP contribution in [0.5, 0.6) is 23.1 Å². The standard InChI is InChI=1S/C22H18ClN5O5/c23-16-4-2-1-3-15(16)22-26-25-19-7-8-21(27-28(19)22)30-10-9-24-20(29)12-31-14-5-6-17-18(11-14)33-13-32-17/h1-8,11H,9-10,12-13H2,(H,24,29). The van der Waals surface area contributed by atoms with Gasteiger partial charge in [-0.2, -0.15) is 4.52 Å². The predicted molar refractivity (Wildman–Crippen MR) is 118 cm³/mol. The minimum Gasteiger partial charge on any atom is -0.484 e. The summed E-state index contributed by atoms with van der Waals surface area (Å²) in [6, 6.07) is 15.9. The van der Waals surface area contributed by atoms with Gasteiger partial charge in [0.25, 0.3) is 5.91 Å². The Balaban J connectivity index is 1.13. The summed E-state index contributed by atoms with van der Waals surface area (Å²) in [4.78, 5) is 12.0. The first kappa shape index (κ1) is 20.8. The fourth-order valence-electron chi connectivity index (χ4n) is 3.17. The number of benzene rings is 2. The lowest BCUT2D eigenvalue weighted by Gasteiger charge is -2.09. The van der Waals surface area contributed by atoms with E-state index in [4.69, 9.17) is 30.5 Å². The van der Waals surface area contributed by atoms with Gasteiger partial charge in [-0.25, -0.2) is 0 Å². The summed E-state index contributed by atoms with van der Waals surface area (Å²) in [6.45, 7) is 0.548. The van der Waals surface area contributed by atoms with Crippen molar-refractivity contribution in [3.05, 3.63) is 59.6 Å². The van der Waals surface area contributed by atoms with Gasteiger partial charge in [0.15, 0.2) is 29.6 Å². The summed E-state index contributed by atoms with van der Waals surface area (Å²) in [5.41, 5.74) is 1.28. The molecule has 10 nitrogen and oxygen atoms in total. The molecule has 3 heterocycles. The van der Waals surface area contributed by atoms with Crippen molar-refractivity contribution in [1.82, 2.24) is 25.1 Å². The molecule has 0 unspecified atom stereocenters. The zero-order valence-electron chi connectivity index (χ0n) is 17.2. The number of halogens is 1. The van der Waals surface area contributed by atoms with E-state index in [1.165, 1.54) is 0 Å². The maximum absolute atomic E-state index is 12.0. The molecule has 0 bridgehead atoms. The number of amides is 1. The van der Waals surface area contributed by atoms with Gasteiger partial charge in [-0.15, -0.1) is 15.3 Å². The van der Waals surface area contributed by atoms with Gasteiger partial charge in [-0.1, -0.05) is 23.7 Å². The van der Waals surface area contributed by atoms with Gasteiger partial charge in [0.1, 0.15) is 12.4 Å². The molecule has 1 amide bonds. The Morgan fingerprint density at radius 2 is 1.94 bits per heavy atom. The average molecular weight is 468 g/mol. The van der Waals surface area contributed by atoms with Gasteiger partial charge in [0, 0.05) is 17.7 Å². The number of aromatic nitrogens is 4. The Morgan fingerprint density at radius 1 is 1.06 bits per heavy atom. The Hall–Kier alpha value is -4.05. The molecule has 1 N–H and O–H groups in total. The minimum atomic E-state index is -0.278. The van der Waals surface area contributed by atoms with E-state index in [0.717, 1.165) is 0 Å². The SMILES string of the molecule is O=C(COc1ccc2c(c1)OCO2)NCCOc1ccc2nnc(-c3ccccc3Cl)n2n1. The maximum Gasteiger partial charge on any atom is 0.258 e. The topological polar surface area (TPSA) is 109 Å². The monoisotopic (exact) mass is 467 g/mol. The van der Waals surface area contributed by atoms with E-state index in [-0.39, 0.29) is 32.5 Å². The second kappa shape index (κ2) is 9.21. The van der Waals surface area contributed by atoms with Gasteiger partial charge >= 0.3 is 0 Å². The number of nitrogens with zero attached hydrogens (tertiary/aromatic N) is 4. The van der Waals surface area contributed by atoms with Crippen molar-refractivity contribution in [1.29, 1.82) is 0 Å². The zero-order valence-corrected chi connectivity index (χ0v) is 18.0. The number of ether oxygens (including phenoxy) is 4. The first-order chi connectivity index (χ1) is 16.2. The highest BCUT2D eigenvalue weighted by Crippen LogP contribution is 2.35. The fourth-order valence-corrected chi connectivity index (χ4v) is 3.39. The van der Waals surface area contributed by atoms with Crippen LogP contribution >= 0.6 is 11.6 Å². The number of fused-ring (bicyclic) bond motifs is 2. The zero-order chi connectivity index (χ0) is 22.6. The second-order valence-corrected chi connectivity index (χ2v) is 7.35. The van der Waals surface area contributed by atoms with E-state index in [1.807, 2.05) is 18.2 Å². The van der Waals surface area contributed by atoms with Crippen molar-refractivity contribution in [2.75, 3.05) is 26.6 Å². The Labute approximate surface area is 193 Å². The van der Waals surface area contributed by atoms with Crippen LogP contribution < -0.4 is 24.3 Å². The molecule has 1 aliphatic rings. The number of hydrogen-bond donors (Lipinski definition) is 1. The Kier molecular flexibility index (Phi) is 5.81. The minimum absolute atomic E-state index is 0.133.